The number of nitrogens with zero attached hydrogens (tertiary/aromatic N) is 1. The Morgan fingerprint density at radius 3 is 1.42 bits per heavy atom. The lowest BCUT2D eigenvalue weighted by Crippen LogP contribution is -2.70. The Morgan fingerprint density at radius 1 is 0.600 bits per heavy atom. The van der Waals surface area contributed by atoms with Crippen LogP contribution in [0.1, 0.15) is 94.2 Å². The van der Waals surface area contributed by atoms with Gasteiger partial charge < -0.3 is 23.4 Å². The van der Waals surface area contributed by atoms with E-state index in [1.54, 1.807) is 0 Å². The Morgan fingerprint density at radius 2 is 1.00 bits per heavy atom. The van der Waals surface area contributed by atoms with Crippen LogP contribution in [0.5, 0.6) is 0 Å². The first-order chi connectivity index (χ1) is 22.3. The molecule has 3 unspecified atom stereocenters. The van der Waals surface area contributed by atoms with E-state index in [0.717, 1.165) is 25.9 Å². The van der Waals surface area contributed by atoms with Gasteiger partial charge in [0.15, 0.2) is 33.3 Å². The van der Waals surface area contributed by atoms with Gasteiger partial charge >= 0.3 is 0 Å². The molecule has 1 fully saturated rings. The van der Waals surface area contributed by atoms with Crippen molar-refractivity contribution in [1.82, 2.24) is 4.90 Å². The molecule has 2 rings (SSSR count). The summed E-state index contributed by atoms with van der Waals surface area (Å²) < 4.78 is 30.0. The number of nitrogens with two attached hydrogens (primary N) is 1. The maximum Gasteiger partial charge on any atom is 0.192 e. The molecule has 1 aromatic rings. The monoisotopic (exact) mass is 767 g/mol. The maximum absolute atomic E-state index is 7.70. The van der Waals surface area contributed by atoms with Crippen LogP contribution in [-0.4, -0.2) is 88.8 Å². The van der Waals surface area contributed by atoms with E-state index in [-0.39, 0.29) is 44.5 Å². The predicted octanol–water partition coefficient (Wildman–Crippen LogP) is 10.6. The standard InChI is InChI=1S/C40H82N2O4Si4/c1-37(2,3)47(13,14)43-30-33-35(45-49(17,18)39(7,8)9)36(46-50(19,20)40(10,11)12)34(44-48(15,16)38(4,5)6)29-42(33)28-26-32-24-22-21-23-31(32)25-27-41/h21-24,33-36H,25-30,41H2,1-20H3/t33-,34?,35?,36?/m1/s1. The van der Waals surface area contributed by atoms with Crippen molar-refractivity contribution in [3.05, 3.63) is 35.4 Å². The minimum Gasteiger partial charge on any atom is -0.415 e. The molecule has 0 spiro atoms. The van der Waals surface area contributed by atoms with Crippen molar-refractivity contribution in [2.45, 2.75) is 193 Å². The van der Waals surface area contributed by atoms with Gasteiger partial charge in [-0.15, -0.1) is 0 Å². The zero-order valence-corrected chi connectivity index (χ0v) is 40.5. The van der Waals surface area contributed by atoms with E-state index in [9.17, 15) is 0 Å². The van der Waals surface area contributed by atoms with Crippen molar-refractivity contribution in [2.24, 2.45) is 5.73 Å². The molecule has 1 aliphatic rings. The van der Waals surface area contributed by atoms with Crippen LogP contribution in [0, 0.1) is 0 Å². The van der Waals surface area contributed by atoms with Gasteiger partial charge in [-0.2, -0.15) is 0 Å². The van der Waals surface area contributed by atoms with E-state index in [2.05, 4.69) is 165 Å². The van der Waals surface area contributed by atoms with Crippen molar-refractivity contribution in [1.29, 1.82) is 0 Å². The third-order valence-corrected chi connectivity index (χ3v) is 31.3. The SMILES string of the molecule is CC(C)(C)[Si](C)(C)OC[C@@H]1C(O[Si](C)(C)C(C)(C)C)C(O[Si](C)(C)C(C)(C)C)C(O[Si](C)(C)C(C)(C)C)CN1CCc1ccccc1CCN. The van der Waals surface area contributed by atoms with Crippen LogP contribution in [-0.2, 0) is 30.5 Å². The maximum atomic E-state index is 7.70. The van der Waals surface area contributed by atoms with E-state index in [1.807, 2.05) is 0 Å². The summed E-state index contributed by atoms with van der Waals surface area (Å²) in [5.74, 6) is 0. The highest BCUT2D eigenvalue weighted by Gasteiger charge is 2.55. The molecule has 0 aliphatic carbocycles. The average Bonchev–Trinajstić information content (AvgIpc) is 2.91. The zero-order valence-electron chi connectivity index (χ0n) is 36.5. The molecule has 1 saturated heterocycles. The van der Waals surface area contributed by atoms with Gasteiger partial charge in [0, 0.05) is 13.1 Å². The normalized spacial score (nSPS) is 22.7. The Balaban J connectivity index is 2.85. The Kier molecular flexibility index (Phi) is 15.0. The van der Waals surface area contributed by atoms with Crippen molar-refractivity contribution >= 4 is 33.3 Å². The summed E-state index contributed by atoms with van der Waals surface area (Å²) >= 11 is 0. The summed E-state index contributed by atoms with van der Waals surface area (Å²) in [5.41, 5.74) is 8.80. The van der Waals surface area contributed by atoms with Crippen LogP contribution in [0.2, 0.25) is 72.5 Å². The van der Waals surface area contributed by atoms with Crippen LogP contribution >= 0.6 is 0 Å². The minimum absolute atomic E-state index is 0.0361. The highest BCUT2D eigenvalue weighted by Crippen LogP contribution is 2.46. The Labute approximate surface area is 314 Å². The minimum atomic E-state index is -2.26. The molecule has 0 aromatic heterocycles. The lowest BCUT2D eigenvalue weighted by molar-refractivity contribution is -0.128. The fourth-order valence-corrected chi connectivity index (χ4v) is 10.5. The molecule has 292 valence electrons. The second-order valence-electron chi connectivity index (χ2n) is 21.3. The number of benzene rings is 1. The van der Waals surface area contributed by atoms with Gasteiger partial charge in [-0.3, -0.25) is 4.90 Å². The molecular weight excluding hydrogens is 685 g/mol. The molecule has 1 heterocycles. The predicted molar refractivity (Wildman–Crippen MR) is 228 cm³/mol. The van der Waals surface area contributed by atoms with E-state index >= 15 is 0 Å². The number of hydrogen-bond donors (Lipinski definition) is 1. The van der Waals surface area contributed by atoms with Crippen LogP contribution < -0.4 is 5.73 Å². The molecule has 0 bridgehead atoms. The van der Waals surface area contributed by atoms with Gasteiger partial charge in [0.05, 0.1) is 31.0 Å². The number of rotatable bonds is 14. The lowest BCUT2D eigenvalue weighted by atomic mass is 9.93. The van der Waals surface area contributed by atoms with Crippen LogP contribution in [0.25, 0.3) is 0 Å². The molecule has 0 amide bonds. The van der Waals surface area contributed by atoms with Crippen LogP contribution in [0.15, 0.2) is 24.3 Å². The summed E-state index contributed by atoms with van der Waals surface area (Å²) in [6.45, 7) is 50.2. The molecule has 0 saturated carbocycles. The first-order valence-electron chi connectivity index (χ1n) is 19.5. The Hall–Kier alpha value is -0.152. The summed E-state index contributed by atoms with van der Waals surface area (Å²) in [5, 5.41) is 0.263. The zero-order chi connectivity index (χ0) is 38.9. The van der Waals surface area contributed by atoms with E-state index in [4.69, 9.17) is 23.4 Å². The largest absolute Gasteiger partial charge is 0.415 e. The van der Waals surface area contributed by atoms with Gasteiger partial charge in [0.2, 0.25) is 0 Å². The number of likely N-dealkylation sites (tertiary alicyclic amines) is 1. The lowest BCUT2D eigenvalue weighted by Gasteiger charge is -2.56. The van der Waals surface area contributed by atoms with Gasteiger partial charge in [-0.1, -0.05) is 107 Å². The summed E-state index contributed by atoms with van der Waals surface area (Å²) in [4.78, 5) is 2.67. The van der Waals surface area contributed by atoms with Crippen molar-refractivity contribution < 1.29 is 17.7 Å². The topological polar surface area (TPSA) is 66.2 Å². The molecule has 2 N–H and O–H groups in total. The molecule has 6 nitrogen and oxygen atoms in total. The quantitative estimate of drug-likeness (QED) is 0.190. The molecule has 1 aliphatic heterocycles. The fraction of sp³-hybridized carbons (Fsp3) is 0.850. The third-order valence-electron chi connectivity index (χ3n) is 13.3. The molecule has 0 radical (unpaired) electrons. The highest BCUT2D eigenvalue weighted by molar-refractivity contribution is 6.75. The van der Waals surface area contributed by atoms with E-state index in [1.165, 1.54) is 11.1 Å². The van der Waals surface area contributed by atoms with Crippen molar-refractivity contribution in [3.8, 4) is 0 Å². The summed E-state index contributed by atoms with van der Waals surface area (Å²) in [6, 6.07) is 8.87. The Bertz CT molecular complexity index is 1230. The second-order valence-corrected chi connectivity index (χ2v) is 40.4. The van der Waals surface area contributed by atoms with Gasteiger partial charge in [-0.05, 0) is 103 Å². The molecular formula is C40H82N2O4Si4. The molecule has 10 heteroatoms. The summed E-state index contributed by atoms with van der Waals surface area (Å²) in [7, 11) is -8.76. The average molecular weight is 767 g/mol. The van der Waals surface area contributed by atoms with Gasteiger partial charge in [-0.25, -0.2) is 0 Å². The molecule has 4 atom stereocenters. The fourth-order valence-electron chi connectivity index (χ4n) is 5.52. The van der Waals surface area contributed by atoms with Crippen molar-refractivity contribution in [2.75, 3.05) is 26.2 Å². The van der Waals surface area contributed by atoms with Gasteiger partial charge in [0.1, 0.15) is 0 Å². The number of piperidine rings is 1. The smallest absolute Gasteiger partial charge is 0.192 e. The highest BCUT2D eigenvalue weighted by atomic mass is 28.4. The molecule has 1 aromatic carbocycles. The van der Waals surface area contributed by atoms with E-state index < -0.39 is 33.3 Å². The number of hydrogen-bond acceptors (Lipinski definition) is 6. The van der Waals surface area contributed by atoms with Crippen LogP contribution in [0.4, 0.5) is 0 Å². The second kappa shape index (κ2) is 16.3. The third kappa shape index (κ3) is 11.4. The first-order valence-corrected chi connectivity index (χ1v) is 31.1. The van der Waals surface area contributed by atoms with Crippen LogP contribution in [0.3, 0.4) is 0 Å². The van der Waals surface area contributed by atoms with Crippen molar-refractivity contribution in [3.63, 3.8) is 0 Å². The summed E-state index contributed by atoms with van der Waals surface area (Å²) in [6.07, 6.45) is 1.36. The first kappa shape index (κ1) is 46.0. The molecule has 50 heavy (non-hydrogen) atoms. The van der Waals surface area contributed by atoms with E-state index in [0.29, 0.717) is 13.2 Å². The van der Waals surface area contributed by atoms with Gasteiger partial charge in [0.25, 0.3) is 0 Å².